The molecule has 1 atom stereocenters. The topological polar surface area (TPSA) is 85.4 Å². The standard InChI is InChI=1S/C20H22N4O3/c1-11(13-4-5-15-16(10-13)27-9-8-26-15)22-19-14-6-7-21-20(25)17(14)23-18(24-19)12-2-3-12/h4-5,10-12H,2-3,6-9H2,1H3,(H,21,25)(H,22,23,24). The van der Waals surface area contributed by atoms with Crippen molar-refractivity contribution in [3.05, 3.63) is 40.8 Å². The maximum Gasteiger partial charge on any atom is 0.270 e. The minimum absolute atomic E-state index is 0.0110. The zero-order valence-electron chi connectivity index (χ0n) is 15.2. The normalized spacial score (nSPS) is 19.1. The van der Waals surface area contributed by atoms with Gasteiger partial charge in [0, 0.05) is 18.0 Å². The number of hydrogen-bond acceptors (Lipinski definition) is 6. The van der Waals surface area contributed by atoms with Crippen molar-refractivity contribution in [2.75, 3.05) is 25.1 Å². The van der Waals surface area contributed by atoms with E-state index in [0.717, 1.165) is 53.5 Å². The van der Waals surface area contributed by atoms with E-state index in [1.165, 1.54) is 0 Å². The average molecular weight is 366 g/mol. The van der Waals surface area contributed by atoms with Crippen molar-refractivity contribution in [2.24, 2.45) is 0 Å². The maximum absolute atomic E-state index is 12.3. The summed E-state index contributed by atoms with van der Waals surface area (Å²) in [6.07, 6.45) is 2.93. The summed E-state index contributed by atoms with van der Waals surface area (Å²) in [6.45, 7) is 3.85. The molecule has 1 saturated carbocycles. The Balaban J connectivity index is 1.47. The minimum atomic E-state index is -0.101. The number of nitrogens with one attached hydrogen (secondary N) is 2. The van der Waals surface area contributed by atoms with Crippen LogP contribution in [-0.2, 0) is 6.42 Å². The van der Waals surface area contributed by atoms with Crippen LogP contribution >= 0.6 is 0 Å². The van der Waals surface area contributed by atoms with Crippen LogP contribution in [0.2, 0.25) is 0 Å². The molecule has 1 fully saturated rings. The predicted octanol–water partition coefficient (Wildman–Crippen LogP) is 2.58. The van der Waals surface area contributed by atoms with Gasteiger partial charge >= 0.3 is 0 Å². The van der Waals surface area contributed by atoms with Gasteiger partial charge in [-0.25, -0.2) is 9.97 Å². The van der Waals surface area contributed by atoms with Crippen molar-refractivity contribution in [2.45, 2.75) is 38.1 Å². The molecular formula is C20H22N4O3. The molecular weight excluding hydrogens is 344 g/mol. The first-order valence-electron chi connectivity index (χ1n) is 9.54. The molecule has 1 amide bonds. The van der Waals surface area contributed by atoms with Gasteiger partial charge in [-0.2, -0.15) is 0 Å². The second-order valence-electron chi connectivity index (χ2n) is 7.31. The minimum Gasteiger partial charge on any atom is -0.486 e. The summed E-state index contributed by atoms with van der Waals surface area (Å²) in [6, 6.07) is 6.00. The van der Waals surface area contributed by atoms with Crippen molar-refractivity contribution in [3.8, 4) is 11.5 Å². The number of ether oxygens (including phenoxy) is 2. The molecule has 7 heteroatoms. The smallest absolute Gasteiger partial charge is 0.270 e. The van der Waals surface area contributed by atoms with Gasteiger partial charge in [0.05, 0.1) is 6.04 Å². The molecule has 3 aliphatic rings. The van der Waals surface area contributed by atoms with E-state index in [4.69, 9.17) is 14.5 Å². The van der Waals surface area contributed by atoms with Gasteiger partial charge in [-0.05, 0) is 43.9 Å². The number of rotatable bonds is 4. The fourth-order valence-electron chi connectivity index (χ4n) is 3.57. The Morgan fingerprint density at radius 1 is 1.19 bits per heavy atom. The number of benzene rings is 1. The number of hydrogen-bond donors (Lipinski definition) is 2. The van der Waals surface area contributed by atoms with E-state index in [0.29, 0.717) is 31.4 Å². The Bertz CT molecular complexity index is 910. The molecule has 2 aliphatic heterocycles. The van der Waals surface area contributed by atoms with Crippen LogP contribution < -0.4 is 20.1 Å². The molecule has 1 aromatic heterocycles. The van der Waals surface area contributed by atoms with Crippen molar-refractivity contribution < 1.29 is 14.3 Å². The van der Waals surface area contributed by atoms with Gasteiger partial charge in [-0.3, -0.25) is 4.79 Å². The molecule has 1 aromatic carbocycles. The van der Waals surface area contributed by atoms with E-state index >= 15 is 0 Å². The number of amides is 1. The predicted molar refractivity (Wildman–Crippen MR) is 99.5 cm³/mol. The molecule has 1 unspecified atom stereocenters. The molecule has 0 spiro atoms. The molecule has 2 N–H and O–H groups in total. The molecule has 5 rings (SSSR count). The number of anilines is 1. The van der Waals surface area contributed by atoms with Crippen LogP contribution in [-0.4, -0.2) is 35.6 Å². The van der Waals surface area contributed by atoms with Crippen LogP contribution in [0.3, 0.4) is 0 Å². The highest BCUT2D eigenvalue weighted by atomic mass is 16.6. The lowest BCUT2D eigenvalue weighted by atomic mass is 10.0. The largest absolute Gasteiger partial charge is 0.486 e. The Morgan fingerprint density at radius 3 is 2.81 bits per heavy atom. The number of carbonyl (C=O) groups is 1. The van der Waals surface area contributed by atoms with Gasteiger partial charge in [0.1, 0.15) is 30.5 Å². The maximum atomic E-state index is 12.3. The van der Waals surface area contributed by atoms with Crippen LogP contribution in [0.15, 0.2) is 18.2 Å². The van der Waals surface area contributed by atoms with Gasteiger partial charge in [-0.1, -0.05) is 6.07 Å². The van der Waals surface area contributed by atoms with Crippen molar-refractivity contribution in [1.29, 1.82) is 0 Å². The summed E-state index contributed by atoms with van der Waals surface area (Å²) in [4.78, 5) is 21.6. The Kier molecular flexibility index (Phi) is 3.88. The van der Waals surface area contributed by atoms with Crippen molar-refractivity contribution >= 4 is 11.7 Å². The van der Waals surface area contributed by atoms with Gasteiger partial charge in [0.15, 0.2) is 11.5 Å². The van der Waals surface area contributed by atoms with Gasteiger partial charge in [0.25, 0.3) is 5.91 Å². The lowest BCUT2D eigenvalue weighted by Gasteiger charge is -2.24. The van der Waals surface area contributed by atoms with E-state index in [1.54, 1.807) is 0 Å². The van der Waals surface area contributed by atoms with Gasteiger partial charge in [-0.15, -0.1) is 0 Å². The molecule has 0 saturated heterocycles. The summed E-state index contributed by atoms with van der Waals surface area (Å²) in [5.74, 6) is 3.40. The number of fused-ring (bicyclic) bond motifs is 2. The molecule has 0 radical (unpaired) electrons. The van der Waals surface area contributed by atoms with E-state index in [9.17, 15) is 4.79 Å². The quantitative estimate of drug-likeness (QED) is 0.865. The van der Waals surface area contributed by atoms with Crippen LogP contribution in [0.25, 0.3) is 0 Å². The zero-order valence-corrected chi connectivity index (χ0v) is 15.2. The third-order valence-electron chi connectivity index (χ3n) is 5.26. The second kappa shape index (κ2) is 6.40. The summed E-state index contributed by atoms with van der Waals surface area (Å²) in [5.41, 5.74) is 2.52. The lowest BCUT2D eigenvalue weighted by Crippen LogP contribution is -2.34. The third-order valence-corrected chi connectivity index (χ3v) is 5.26. The van der Waals surface area contributed by atoms with Gasteiger partial charge in [0.2, 0.25) is 0 Å². The molecule has 7 nitrogen and oxygen atoms in total. The molecule has 2 aromatic rings. The molecule has 1 aliphatic carbocycles. The Hall–Kier alpha value is -2.83. The Morgan fingerprint density at radius 2 is 2.00 bits per heavy atom. The van der Waals surface area contributed by atoms with E-state index < -0.39 is 0 Å². The highest BCUT2D eigenvalue weighted by Crippen LogP contribution is 2.40. The molecule has 27 heavy (non-hydrogen) atoms. The number of carbonyl (C=O) groups excluding carboxylic acids is 1. The summed E-state index contributed by atoms with van der Waals surface area (Å²) >= 11 is 0. The molecule has 3 heterocycles. The van der Waals surface area contributed by atoms with Crippen LogP contribution in [0.1, 0.15) is 59.2 Å². The fourth-order valence-corrected chi connectivity index (χ4v) is 3.57. The third kappa shape index (κ3) is 3.07. The monoisotopic (exact) mass is 366 g/mol. The first kappa shape index (κ1) is 16.4. The van der Waals surface area contributed by atoms with Gasteiger partial charge < -0.3 is 20.1 Å². The van der Waals surface area contributed by atoms with E-state index in [1.807, 2.05) is 18.2 Å². The first-order chi connectivity index (χ1) is 13.2. The number of aromatic nitrogens is 2. The molecule has 140 valence electrons. The SMILES string of the molecule is CC(Nc1nc(C2CC2)nc2c1CCNC2=O)c1ccc2c(c1)OCCO2. The summed E-state index contributed by atoms with van der Waals surface area (Å²) in [5, 5.41) is 6.39. The van der Waals surface area contributed by atoms with Crippen LogP contribution in [0.4, 0.5) is 5.82 Å². The summed E-state index contributed by atoms with van der Waals surface area (Å²) in [7, 11) is 0. The highest BCUT2D eigenvalue weighted by Gasteiger charge is 2.31. The van der Waals surface area contributed by atoms with Crippen molar-refractivity contribution in [1.82, 2.24) is 15.3 Å². The zero-order chi connectivity index (χ0) is 18.4. The summed E-state index contributed by atoms with van der Waals surface area (Å²) < 4.78 is 11.3. The van der Waals surface area contributed by atoms with Crippen LogP contribution in [0, 0.1) is 0 Å². The van der Waals surface area contributed by atoms with Crippen molar-refractivity contribution in [3.63, 3.8) is 0 Å². The average Bonchev–Trinajstić information content (AvgIpc) is 3.53. The van der Waals surface area contributed by atoms with E-state index in [-0.39, 0.29) is 11.9 Å². The fraction of sp³-hybridized carbons (Fsp3) is 0.450. The van der Waals surface area contributed by atoms with E-state index in [2.05, 4.69) is 22.5 Å². The lowest BCUT2D eigenvalue weighted by molar-refractivity contribution is 0.0940. The first-order valence-corrected chi connectivity index (χ1v) is 9.54. The van der Waals surface area contributed by atoms with Crippen LogP contribution in [0.5, 0.6) is 11.5 Å². The second-order valence-corrected chi connectivity index (χ2v) is 7.31. The highest BCUT2D eigenvalue weighted by molar-refractivity contribution is 5.96. The molecule has 0 bridgehead atoms. The Labute approximate surface area is 157 Å². The number of nitrogens with zero attached hydrogens (tertiary/aromatic N) is 2.